The molecule has 6 heteroatoms. The van der Waals surface area contributed by atoms with Crippen LogP contribution < -0.4 is 0 Å². The Morgan fingerprint density at radius 3 is 2.40 bits per heavy atom. The van der Waals surface area contributed by atoms with Crippen molar-refractivity contribution in [3.05, 3.63) is 83.8 Å². The molecule has 0 unspecified atom stereocenters. The number of hydrogen-bond donors (Lipinski definition) is 0. The molecule has 122 valence electrons. The summed E-state index contributed by atoms with van der Waals surface area (Å²) in [5, 5.41) is 9.22. The third-order valence-corrected chi connectivity index (χ3v) is 3.91. The van der Waals surface area contributed by atoms with Crippen molar-refractivity contribution in [3.8, 4) is 11.3 Å². The fourth-order valence-corrected chi connectivity index (χ4v) is 2.66. The van der Waals surface area contributed by atoms with Crippen molar-refractivity contribution in [3.63, 3.8) is 0 Å². The molecule has 2 aromatic heterocycles. The standard InChI is InChI=1S/C19H12ClFN4/c20-14-8-11-17-22-18(13-6-9-15(21)10-7-13)19(25(17)12-14)24-23-16-4-2-1-3-5-16/h1-12H. The Kier molecular flexibility index (Phi) is 3.99. The van der Waals surface area contributed by atoms with E-state index in [1.807, 2.05) is 30.3 Å². The molecule has 0 radical (unpaired) electrons. The maximum atomic E-state index is 13.2. The van der Waals surface area contributed by atoms with Crippen LogP contribution in [0.3, 0.4) is 0 Å². The number of azo groups is 1. The summed E-state index contributed by atoms with van der Waals surface area (Å²) in [5.74, 6) is 0.232. The molecule has 2 aromatic carbocycles. The Morgan fingerprint density at radius 2 is 1.64 bits per heavy atom. The molecule has 0 aliphatic heterocycles. The third kappa shape index (κ3) is 3.14. The van der Waals surface area contributed by atoms with E-state index in [-0.39, 0.29) is 5.82 Å². The maximum Gasteiger partial charge on any atom is 0.187 e. The third-order valence-electron chi connectivity index (χ3n) is 3.69. The second-order valence-corrected chi connectivity index (χ2v) is 5.84. The van der Waals surface area contributed by atoms with Crippen LogP contribution in [0, 0.1) is 5.82 Å². The highest BCUT2D eigenvalue weighted by Crippen LogP contribution is 2.33. The number of halogens is 2. The molecule has 0 aliphatic rings. The Labute approximate surface area is 148 Å². The molecule has 0 spiro atoms. The normalized spacial score (nSPS) is 11.4. The van der Waals surface area contributed by atoms with Crippen LogP contribution in [-0.2, 0) is 0 Å². The number of fused-ring (bicyclic) bond motifs is 1. The van der Waals surface area contributed by atoms with E-state index in [4.69, 9.17) is 11.6 Å². The van der Waals surface area contributed by atoms with Crippen LogP contribution in [0.4, 0.5) is 15.9 Å². The number of aromatic nitrogens is 2. The second-order valence-electron chi connectivity index (χ2n) is 5.40. The van der Waals surface area contributed by atoms with E-state index in [1.165, 1.54) is 12.1 Å². The van der Waals surface area contributed by atoms with Gasteiger partial charge in [0.15, 0.2) is 5.82 Å². The van der Waals surface area contributed by atoms with Gasteiger partial charge >= 0.3 is 0 Å². The van der Waals surface area contributed by atoms with Gasteiger partial charge in [-0.2, -0.15) is 0 Å². The van der Waals surface area contributed by atoms with Crippen molar-refractivity contribution >= 4 is 28.8 Å². The van der Waals surface area contributed by atoms with Crippen LogP contribution in [0.2, 0.25) is 5.02 Å². The van der Waals surface area contributed by atoms with E-state index in [0.29, 0.717) is 22.2 Å². The lowest BCUT2D eigenvalue weighted by Gasteiger charge is -2.00. The highest BCUT2D eigenvalue weighted by atomic mass is 35.5. The first kappa shape index (κ1) is 15.5. The number of pyridine rings is 1. The molecular weight excluding hydrogens is 339 g/mol. The minimum Gasteiger partial charge on any atom is -0.281 e. The van der Waals surface area contributed by atoms with Gasteiger partial charge in [0.05, 0.1) is 10.7 Å². The van der Waals surface area contributed by atoms with E-state index in [9.17, 15) is 4.39 Å². The summed E-state index contributed by atoms with van der Waals surface area (Å²) in [5.41, 5.74) is 2.78. The zero-order valence-corrected chi connectivity index (χ0v) is 13.7. The molecule has 0 saturated heterocycles. The summed E-state index contributed by atoms with van der Waals surface area (Å²) in [6, 6.07) is 19.1. The molecule has 4 rings (SSSR count). The molecule has 0 saturated carbocycles. The van der Waals surface area contributed by atoms with Crippen molar-refractivity contribution in [1.82, 2.24) is 9.38 Å². The van der Waals surface area contributed by atoms with Gasteiger partial charge in [-0.05, 0) is 48.5 Å². The van der Waals surface area contributed by atoms with E-state index >= 15 is 0 Å². The minimum absolute atomic E-state index is 0.303. The van der Waals surface area contributed by atoms with Gasteiger partial charge in [-0.1, -0.05) is 29.8 Å². The SMILES string of the molecule is Fc1ccc(-c2nc3ccc(Cl)cn3c2N=Nc2ccccc2)cc1. The van der Waals surface area contributed by atoms with Gasteiger partial charge in [-0.25, -0.2) is 9.37 Å². The number of rotatable bonds is 3. The quantitative estimate of drug-likeness (QED) is 0.405. The van der Waals surface area contributed by atoms with Gasteiger partial charge < -0.3 is 0 Å². The Balaban J connectivity index is 1.90. The van der Waals surface area contributed by atoms with E-state index < -0.39 is 0 Å². The van der Waals surface area contributed by atoms with Gasteiger partial charge in [-0.3, -0.25) is 4.40 Å². The monoisotopic (exact) mass is 350 g/mol. The highest BCUT2D eigenvalue weighted by molar-refractivity contribution is 6.30. The Bertz CT molecular complexity index is 1060. The van der Waals surface area contributed by atoms with Crippen molar-refractivity contribution < 1.29 is 4.39 Å². The number of hydrogen-bond acceptors (Lipinski definition) is 3. The molecule has 2 heterocycles. The summed E-state index contributed by atoms with van der Waals surface area (Å²) < 4.78 is 15.0. The van der Waals surface area contributed by atoms with Crippen LogP contribution in [0.15, 0.2) is 83.2 Å². The number of benzene rings is 2. The largest absolute Gasteiger partial charge is 0.281 e. The Hall–Kier alpha value is -3.05. The van der Waals surface area contributed by atoms with Gasteiger partial charge in [0.1, 0.15) is 17.2 Å². The van der Waals surface area contributed by atoms with Crippen LogP contribution in [0.5, 0.6) is 0 Å². The predicted molar refractivity (Wildman–Crippen MR) is 96.2 cm³/mol. The van der Waals surface area contributed by atoms with Crippen molar-refractivity contribution in [2.24, 2.45) is 10.2 Å². The lowest BCUT2D eigenvalue weighted by atomic mass is 10.1. The van der Waals surface area contributed by atoms with E-state index in [1.54, 1.807) is 34.9 Å². The van der Waals surface area contributed by atoms with Crippen molar-refractivity contribution in [2.75, 3.05) is 0 Å². The zero-order valence-electron chi connectivity index (χ0n) is 13.0. The average molecular weight is 351 g/mol. The molecule has 4 aromatic rings. The van der Waals surface area contributed by atoms with Crippen LogP contribution in [0.25, 0.3) is 16.9 Å². The maximum absolute atomic E-state index is 13.2. The molecule has 0 atom stereocenters. The first-order valence-corrected chi connectivity index (χ1v) is 7.99. The van der Waals surface area contributed by atoms with Gasteiger partial charge in [0.25, 0.3) is 0 Å². The first-order chi connectivity index (χ1) is 12.2. The van der Waals surface area contributed by atoms with Crippen LogP contribution >= 0.6 is 11.6 Å². The summed E-state index contributed by atoms with van der Waals surface area (Å²) in [6.45, 7) is 0. The topological polar surface area (TPSA) is 42.0 Å². The van der Waals surface area contributed by atoms with Crippen LogP contribution in [0.1, 0.15) is 0 Å². The fraction of sp³-hybridized carbons (Fsp3) is 0. The van der Waals surface area contributed by atoms with E-state index in [0.717, 1.165) is 11.3 Å². The molecule has 0 aliphatic carbocycles. The highest BCUT2D eigenvalue weighted by Gasteiger charge is 2.14. The van der Waals surface area contributed by atoms with Gasteiger partial charge in [0.2, 0.25) is 0 Å². The van der Waals surface area contributed by atoms with Gasteiger partial charge in [0, 0.05) is 11.8 Å². The van der Waals surface area contributed by atoms with Crippen molar-refractivity contribution in [1.29, 1.82) is 0 Å². The summed E-state index contributed by atoms with van der Waals surface area (Å²) in [7, 11) is 0. The number of nitrogens with zero attached hydrogens (tertiary/aromatic N) is 4. The fourth-order valence-electron chi connectivity index (χ4n) is 2.50. The Morgan fingerprint density at radius 1 is 0.880 bits per heavy atom. The number of imidazole rings is 1. The zero-order chi connectivity index (χ0) is 17.2. The molecular formula is C19H12ClFN4. The smallest absolute Gasteiger partial charge is 0.187 e. The molecule has 0 fully saturated rings. The summed E-state index contributed by atoms with van der Waals surface area (Å²) >= 11 is 6.11. The van der Waals surface area contributed by atoms with E-state index in [2.05, 4.69) is 15.2 Å². The average Bonchev–Trinajstić information content (AvgIpc) is 2.99. The second kappa shape index (κ2) is 6.45. The minimum atomic E-state index is -0.303. The summed E-state index contributed by atoms with van der Waals surface area (Å²) in [6.07, 6.45) is 1.73. The van der Waals surface area contributed by atoms with Gasteiger partial charge in [-0.15, -0.1) is 10.2 Å². The van der Waals surface area contributed by atoms with Crippen LogP contribution in [-0.4, -0.2) is 9.38 Å². The lowest BCUT2D eigenvalue weighted by Crippen LogP contribution is -1.83. The molecule has 0 bridgehead atoms. The lowest BCUT2D eigenvalue weighted by molar-refractivity contribution is 0.628. The molecule has 4 nitrogen and oxygen atoms in total. The first-order valence-electron chi connectivity index (χ1n) is 7.61. The summed E-state index contributed by atoms with van der Waals surface area (Å²) in [4.78, 5) is 4.59. The molecule has 0 N–H and O–H groups in total. The molecule has 0 amide bonds. The predicted octanol–water partition coefficient (Wildman–Crippen LogP) is 6.21. The van der Waals surface area contributed by atoms with Crippen molar-refractivity contribution in [2.45, 2.75) is 0 Å². The molecule has 25 heavy (non-hydrogen) atoms.